The maximum atomic E-state index is 13.5. The van der Waals surface area contributed by atoms with E-state index >= 15 is 0 Å². The number of hydrogen-bond donors (Lipinski definition) is 1. The normalized spacial score (nSPS) is 42.6. The van der Waals surface area contributed by atoms with Crippen LogP contribution in [0.25, 0.3) is 0 Å². The van der Waals surface area contributed by atoms with E-state index in [0.29, 0.717) is 25.1 Å². The molecule has 4 heterocycles. The van der Waals surface area contributed by atoms with Gasteiger partial charge in [0.15, 0.2) is 11.4 Å². The van der Waals surface area contributed by atoms with Crippen molar-refractivity contribution in [2.45, 2.75) is 49.0 Å². The van der Waals surface area contributed by atoms with Crippen LogP contribution in [0.1, 0.15) is 25.3 Å². The molecule has 2 N–H and O–H groups in total. The highest BCUT2D eigenvalue weighted by molar-refractivity contribution is 6.08. The molecule has 2 bridgehead atoms. The maximum absolute atomic E-state index is 13.5. The molecule has 0 radical (unpaired) electrons. The predicted octanol–water partition coefficient (Wildman–Crippen LogP) is 0.695. The fourth-order valence-corrected chi connectivity index (χ4v) is 5.45. The zero-order valence-corrected chi connectivity index (χ0v) is 14.8. The summed E-state index contributed by atoms with van der Waals surface area (Å²) in [5.74, 6) is -0.375. The van der Waals surface area contributed by atoms with Gasteiger partial charge in [0, 0.05) is 18.4 Å². The van der Waals surface area contributed by atoms with Crippen molar-refractivity contribution in [3.8, 4) is 0 Å². The molecule has 1 aromatic carbocycles. The number of hydrogen-bond acceptors (Lipinski definition) is 6. The van der Waals surface area contributed by atoms with Gasteiger partial charge in [0.05, 0.1) is 19.4 Å². The minimum atomic E-state index is -0.988. The molecule has 6 atom stereocenters. The van der Waals surface area contributed by atoms with Gasteiger partial charge >= 0.3 is 0 Å². The number of carbonyl (C=O) groups excluding carboxylic acids is 2. The van der Waals surface area contributed by atoms with Gasteiger partial charge in [-0.1, -0.05) is 25.1 Å². The molecule has 26 heavy (non-hydrogen) atoms. The first-order valence-electron chi connectivity index (χ1n) is 9.08. The highest BCUT2D eigenvalue weighted by Crippen LogP contribution is 2.62. The first-order chi connectivity index (χ1) is 12.5. The molecule has 4 fully saturated rings. The third kappa shape index (κ3) is 1.63. The Balaban J connectivity index is 1.70. The first kappa shape index (κ1) is 16.4. The van der Waals surface area contributed by atoms with Gasteiger partial charge in [0.2, 0.25) is 0 Å². The number of benzene rings is 1. The van der Waals surface area contributed by atoms with Crippen LogP contribution >= 0.6 is 0 Å². The monoisotopic (exact) mass is 358 g/mol. The molecule has 0 aromatic heterocycles. The van der Waals surface area contributed by atoms with Crippen LogP contribution in [0.3, 0.4) is 0 Å². The number of anilines is 1. The molecule has 1 aromatic rings. The number of hydroxylamine groups is 1. The van der Waals surface area contributed by atoms with E-state index < -0.39 is 23.2 Å². The lowest BCUT2D eigenvalue weighted by Gasteiger charge is -2.35. The van der Waals surface area contributed by atoms with Crippen LogP contribution in [0.15, 0.2) is 24.3 Å². The molecule has 1 amide bonds. The second kappa shape index (κ2) is 5.13. The number of ether oxygens (including phenoxy) is 2. The van der Waals surface area contributed by atoms with Crippen LogP contribution in [0.2, 0.25) is 0 Å². The first-order valence-corrected chi connectivity index (χ1v) is 9.08. The Labute approximate surface area is 151 Å². The number of nitrogens with two attached hydrogens (primary N) is 1. The lowest BCUT2D eigenvalue weighted by molar-refractivity contribution is -0.138. The number of rotatable bonds is 3. The largest absolute Gasteiger partial charge is 0.373 e. The molecule has 1 saturated carbocycles. The Morgan fingerprint density at radius 1 is 1.38 bits per heavy atom. The summed E-state index contributed by atoms with van der Waals surface area (Å²) in [4.78, 5) is 31.6. The van der Waals surface area contributed by atoms with E-state index in [1.807, 2.05) is 31.2 Å². The zero-order chi connectivity index (χ0) is 18.3. The zero-order valence-electron chi connectivity index (χ0n) is 14.8. The summed E-state index contributed by atoms with van der Waals surface area (Å²) in [6, 6.07) is 7.16. The van der Waals surface area contributed by atoms with E-state index in [1.165, 1.54) is 12.2 Å². The Kier molecular flexibility index (Phi) is 3.23. The molecule has 1 aliphatic carbocycles. The number of ketones is 1. The van der Waals surface area contributed by atoms with Crippen molar-refractivity contribution >= 4 is 17.4 Å². The van der Waals surface area contributed by atoms with Crippen LogP contribution in [0.5, 0.6) is 0 Å². The summed E-state index contributed by atoms with van der Waals surface area (Å²) >= 11 is 0. The third-order valence-electron chi connectivity index (χ3n) is 6.64. The Hall–Kier alpha value is -1.80. The highest BCUT2D eigenvalue weighted by atomic mass is 16.7. The van der Waals surface area contributed by atoms with Crippen LogP contribution in [-0.4, -0.2) is 49.3 Å². The Bertz CT molecular complexity index is 813. The molecule has 3 saturated heterocycles. The van der Waals surface area contributed by atoms with Crippen molar-refractivity contribution in [2.75, 3.05) is 18.8 Å². The molecule has 138 valence electrons. The van der Waals surface area contributed by atoms with Gasteiger partial charge in [-0.25, -0.2) is 0 Å². The average molecular weight is 358 g/mol. The van der Waals surface area contributed by atoms with Crippen molar-refractivity contribution in [2.24, 2.45) is 11.7 Å². The molecule has 4 aliphatic heterocycles. The van der Waals surface area contributed by atoms with E-state index in [9.17, 15) is 9.59 Å². The number of nitrogens with zero attached hydrogens (tertiary/aromatic N) is 1. The number of fused-ring (bicyclic) bond motifs is 3. The standard InChI is InChI=1S/C19H22N2O5/c1-3-14(22)19-11-9-25-15(16(19)26-19)18(8-12(11)20)10-6-4-5-7-13(10)21(24-2)17(18)23/h4-7,11-12,15-16H,3,8-9,20H2,1-2H3/t11-,12+,15-,16+,18+,19+/m1/s1. The SMILES string of the molecule is CCC(=O)[C@]12O[C@H]1[C@H]1OC[C@@H]2[C@@H](N)C[C@@]12C(=O)N(OC)c1ccccc12. The summed E-state index contributed by atoms with van der Waals surface area (Å²) < 4.78 is 12.2. The summed E-state index contributed by atoms with van der Waals surface area (Å²) in [6.07, 6.45) is -0.183. The number of para-hydroxylation sites is 1. The highest BCUT2D eigenvalue weighted by Gasteiger charge is 2.79. The summed E-state index contributed by atoms with van der Waals surface area (Å²) in [6.45, 7) is 2.16. The van der Waals surface area contributed by atoms with Crippen molar-refractivity contribution in [1.82, 2.24) is 0 Å². The Morgan fingerprint density at radius 3 is 2.88 bits per heavy atom. The van der Waals surface area contributed by atoms with Crippen molar-refractivity contribution in [3.63, 3.8) is 0 Å². The maximum Gasteiger partial charge on any atom is 0.264 e. The van der Waals surface area contributed by atoms with Gasteiger partial charge in [0.25, 0.3) is 5.91 Å². The Morgan fingerprint density at radius 2 is 2.15 bits per heavy atom. The molecule has 0 unspecified atom stereocenters. The van der Waals surface area contributed by atoms with E-state index in [4.69, 9.17) is 20.0 Å². The lowest BCUT2D eigenvalue weighted by atomic mass is 9.72. The van der Waals surface area contributed by atoms with Crippen molar-refractivity contribution < 1.29 is 23.9 Å². The average Bonchev–Trinajstić information content (AvgIpc) is 3.40. The fourth-order valence-electron chi connectivity index (χ4n) is 5.45. The lowest BCUT2D eigenvalue weighted by Crippen LogP contribution is -2.54. The van der Waals surface area contributed by atoms with Gasteiger partial charge in [-0.05, 0) is 18.1 Å². The molecule has 6 rings (SSSR count). The van der Waals surface area contributed by atoms with Gasteiger partial charge in [-0.2, -0.15) is 5.06 Å². The second-order valence-corrected chi connectivity index (χ2v) is 7.61. The minimum Gasteiger partial charge on any atom is -0.373 e. The smallest absolute Gasteiger partial charge is 0.264 e. The third-order valence-corrected chi connectivity index (χ3v) is 6.64. The van der Waals surface area contributed by atoms with Crippen molar-refractivity contribution in [1.29, 1.82) is 0 Å². The van der Waals surface area contributed by atoms with E-state index in [-0.39, 0.29) is 23.7 Å². The predicted molar refractivity (Wildman–Crippen MR) is 91.3 cm³/mol. The topological polar surface area (TPSA) is 94.4 Å². The number of Topliss-reactive ketones (excluding diaryl/α,β-unsaturated/α-hetero) is 1. The number of amides is 1. The molecule has 5 aliphatic rings. The molecule has 1 spiro atoms. The molecule has 7 nitrogen and oxygen atoms in total. The summed E-state index contributed by atoms with van der Waals surface area (Å²) in [5.41, 5.74) is 6.21. The van der Waals surface area contributed by atoms with Gasteiger partial charge in [-0.15, -0.1) is 0 Å². The van der Waals surface area contributed by atoms with Crippen LogP contribution in [0, 0.1) is 5.92 Å². The molecule has 7 heteroatoms. The minimum absolute atomic E-state index is 0.0515. The quantitative estimate of drug-likeness (QED) is 0.799. The molecular formula is C19H22N2O5. The van der Waals surface area contributed by atoms with Crippen LogP contribution in [0.4, 0.5) is 5.69 Å². The summed E-state index contributed by atoms with van der Waals surface area (Å²) in [7, 11) is 1.47. The van der Waals surface area contributed by atoms with E-state index in [0.717, 1.165) is 5.56 Å². The second-order valence-electron chi connectivity index (χ2n) is 7.61. The van der Waals surface area contributed by atoms with Gasteiger partial charge in [-0.3, -0.25) is 14.4 Å². The van der Waals surface area contributed by atoms with Crippen LogP contribution < -0.4 is 10.8 Å². The number of carbonyl (C=O) groups is 2. The molecular weight excluding hydrogens is 336 g/mol. The van der Waals surface area contributed by atoms with E-state index in [1.54, 1.807) is 0 Å². The fraction of sp³-hybridized carbons (Fsp3) is 0.579. The summed E-state index contributed by atoms with van der Waals surface area (Å²) in [5, 5.41) is 1.32. The van der Waals surface area contributed by atoms with Gasteiger partial charge in [0.1, 0.15) is 17.6 Å². The van der Waals surface area contributed by atoms with Crippen LogP contribution in [-0.2, 0) is 29.3 Å². The van der Waals surface area contributed by atoms with Crippen molar-refractivity contribution in [3.05, 3.63) is 29.8 Å². The van der Waals surface area contributed by atoms with Gasteiger partial charge < -0.3 is 15.2 Å². The van der Waals surface area contributed by atoms with E-state index in [2.05, 4.69) is 0 Å². The number of epoxide rings is 1.